The van der Waals surface area contributed by atoms with Crippen molar-refractivity contribution in [1.29, 1.82) is 0 Å². The number of hydrogen-bond donors (Lipinski definition) is 4. The molecule has 2 aliphatic heterocycles. The van der Waals surface area contributed by atoms with Gasteiger partial charge in [0.1, 0.15) is 4.60 Å². The number of halogens is 5. The topological polar surface area (TPSA) is 167 Å². The quantitative estimate of drug-likeness (QED) is 0.0568. The lowest BCUT2D eigenvalue weighted by Gasteiger charge is -2.29. The first kappa shape index (κ1) is 60.3. The van der Waals surface area contributed by atoms with Gasteiger partial charge in [-0.15, -0.1) is 5.10 Å². The third-order valence-corrected chi connectivity index (χ3v) is 16.1. The summed E-state index contributed by atoms with van der Waals surface area (Å²) in [6.07, 6.45) is 13.2. The number of aryl methyl sites for hydroxylation is 3. The van der Waals surface area contributed by atoms with Gasteiger partial charge in [0.15, 0.2) is 40.3 Å². The van der Waals surface area contributed by atoms with E-state index in [1.807, 2.05) is 67.0 Å². The number of fused-ring (bicyclic) bond motifs is 2. The zero-order chi connectivity index (χ0) is 58.9. The highest BCUT2D eigenvalue weighted by Crippen LogP contribution is 2.36. The van der Waals surface area contributed by atoms with E-state index >= 15 is 0 Å². The molecule has 83 heavy (non-hydrogen) atoms. The Hall–Kier alpha value is -7.26. The smallest absolute Gasteiger partial charge is 0.251 e. The van der Waals surface area contributed by atoms with Gasteiger partial charge in [0.05, 0.1) is 35.2 Å². The van der Waals surface area contributed by atoms with Crippen molar-refractivity contribution in [2.24, 2.45) is 17.8 Å². The molecule has 4 N–H and O–H groups in total. The second kappa shape index (κ2) is 27.4. The number of amides is 1. The fourth-order valence-corrected chi connectivity index (χ4v) is 10.7. The highest BCUT2D eigenvalue weighted by atomic mass is 79.9. The van der Waals surface area contributed by atoms with Crippen molar-refractivity contribution in [2.45, 2.75) is 84.6 Å². The molecule has 2 saturated carbocycles. The van der Waals surface area contributed by atoms with Crippen molar-refractivity contribution >= 4 is 50.3 Å². The number of rotatable bonds is 15. The Morgan fingerprint density at radius 1 is 0.614 bits per heavy atom. The number of aliphatic hydroxyl groups is 1. The first-order valence-electron chi connectivity index (χ1n) is 28.4. The van der Waals surface area contributed by atoms with E-state index in [4.69, 9.17) is 9.84 Å². The number of imidazole rings is 2. The number of benzene rings is 4. The second-order valence-corrected chi connectivity index (χ2v) is 23.0. The summed E-state index contributed by atoms with van der Waals surface area (Å²) in [7, 11) is 5.32. The second-order valence-electron chi connectivity index (χ2n) is 22.2. The lowest BCUT2D eigenvalue weighted by atomic mass is 9.97. The summed E-state index contributed by atoms with van der Waals surface area (Å²) >= 11 is 3.56. The van der Waals surface area contributed by atoms with Gasteiger partial charge in [-0.25, -0.2) is 32.2 Å². The number of carbonyl (C=O) groups is 2. The third-order valence-electron chi connectivity index (χ3n) is 15.7. The van der Waals surface area contributed by atoms with Crippen LogP contribution in [0.1, 0.15) is 95.2 Å². The van der Waals surface area contributed by atoms with Crippen LogP contribution in [0.3, 0.4) is 0 Å². The van der Waals surface area contributed by atoms with E-state index in [1.54, 1.807) is 16.8 Å². The Balaban J connectivity index is 0.000000172. The molecule has 15 nitrogen and oxygen atoms in total. The lowest BCUT2D eigenvalue weighted by Crippen LogP contribution is -2.33. The molecule has 12 rings (SSSR count). The summed E-state index contributed by atoms with van der Waals surface area (Å²) in [6.45, 7) is 11.6. The van der Waals surface area contributed by atoms with Gasteiger partial charge >= 0.3 is 0 Å². The Labute approximate surface area is 490 Å². The summed E-state index contributed by atoms with van der Waals surface area (Å²) in [6, 6.07) is 23.6. The zero-order valence-corrected chi connectivity index (χ0v) is 49.4. The Morgan fingerprint density at radius 3 is 1.65 bits per heavy atom. The minimum absolute atomic E-state index is 0.0101. The third kappa shape index (κ3) is 15.3. The van der Waals surface area contributed by atoms with Crippen LogP contribution in [0.2, 0.25) is 0 Å². The van der Waals surface area contributed by atoms with Crippen LogP contribution in [-0.2, 0) is 0 Å². The number of hydrogen-bond acceptors (Lipinski definition) is 12. The van der Waals surface area contributed by atoms with E-state index in [1.165, 1.54) is 44.0 Å². The number of piperidine rings is 2. The minimum atomic E-state index is -1.07. The average molecular weight is 1200 g/mol. The van der Waals surface area contributed by atoms with Crippen LogP contribution in [0.25, 0.3) is 33.8 Å². The molecule has 0 atom stereocenters. The zero-order valence-electron chi connectivity index (χ0n) is 47.8. The van der Waals surface area contributed by atoms with E-state index in [0.717, 1.165) is 152 Å². The minimum Gasteiger partial charge on any atom is -0.434 e. The molecule has 2 aliphatic carbocycles. The number of nitrogens with zero attached hydrogens (tertiary/aromatic N) is 8. The number of ketones is 1. The van der Waals surface area contributed by atoms with Crippen molar-refractivity contribution in [3.63, 3.8) is 0 Å². The van der Waals surface area contributed by atoms with Gasteiger partial charge in [-0.1, -0.05) is 36.4 Å². The molecule has 0 bridgehead atoms. The normalized spacial score (nSPS) is 15.8. The average Bonchev–Trinajstić information content (AvgIpc) is 4.40. The Kier molecular flexibility index (Phi) is 19.9. The van der Waals surface area contributed by atoms with Crippen LogP contribution >= 0.6 is 15.9 Å². The molecule has 0 spiro atoms. The molecule has 0 radical (unpaired) electrons. The predicted octanol–water partition coefficient (Wildman–Crippen LogP) is 12.5. The van der Waals surface area contributed by atoms with Crippen molar-refractivity contribution in [2.75, 3.05) is 71.1 Å². The summed E-state index contributed by atoms with van der Waals surface area (Å²) < 4.78 is 62.9. The molecular formula is C63H72BrF4N11O4. The van der Waals surface area contributed by atoms with Gasteiger partial charge in [0.25, 0.3) is 5.91 Å². The van der Waals surface area contributed by atoms with E-state index in [-0.39, 0.29) is 23.3 Å². The molecule has 4 aliphatic rings. The number of likely N-dealkylation sites (tertiary alicyclic amines) is 2. The summed E-state index contributed by atoms with van der Waals surface area (Å²) in [4.78, 5) is 39.3. The van der Waals surface area contributed by atoms with Crippen LogP contribution in [0.4, 0.5) is 28.9 Å². The van der Waals surface area contributed by atoms with Crippen LogP contribution in [0.15, 0.2) is 102 Å². The first-order chi connectivity index (χ1) is 40.0. The summed E-state index contributed by atoms with van der Waals surface area (Å²) in [5.41, 5.74) is 10.2. The fourth-order valence-electron chi connectivity index (χ4n) is 10.3. The number of aliphatic hydroxyl groups excluding tert-OH is 1. The lowest BCUT2D eigenvalue weighted by molar-refractivity contribution is 0.0948. The maximum atomic E-state index is 14.4. The van der Waals surface area contributed by atoms with Crippen molar-refractivity contribution < 1.29 is 37.0 Å². The molecule has 4 aromatic heterocycles. The van der Waals surface area contributed by atoms with Crippen LogP contribution < -0.4 is 20.7 Å². The van der Waals surface area contributed by atoms with Gasteiger partial charge in [-0.2, -0.15) is 9.49 Å². The van der Waals surface area contributed by atoms with E-state index in [9.17, 15) is 27.2 Å². The number of aromatic nitrogens is 6. The maximum absolute atomic E-state index is 14.4. The molecule has 1 amide bonds. The largest absolute Gasteiger partial charge is 0.434 e. The fraction of sp³-hybridized carbons (Fsp3) is 0.397. The van der Waals surface area contributed by atoms with Gasteiger partial charge in [-0.3, -0.25) is 9.59 Å². The number of carbonyl (C=O) groups excluding carboxylic acids is 2. The van der Waals surface area contributed by atoms with Crippen LogP contribution in [-0.4, -0.2) is 122 Å². The Bertz CT molecular complexity index is 3550. The highest BCUT2D eigenvalue weighted by molar-refractivity contribution is 9.10. The van der Waals surface area contributed by atoms with E-state index in [2.05, 4.69) is 75.9 Å². The molecule has 4 aromatic carbocycles. The molecule has 2 saturated heterocycles. The van der Waals surface area contributed by atoms with Crippen molar-refractivity contribution in [1.82, 2.24) is 44.3 Å². The standard InChI is InChI=1S/C31H33F2N5O2.C24H29BrN6O.C7H6F2.CH4O/c1-19-14-22(8-9-23(19)27(39)15-20-6-7-20)26-18-35-31-25(34-17-21-10-12-37(2)13-11-21)16-29(36-38(26)31)40-28-5-3-4-24(32)30(28)33;1-15-11-17(3-6-19(15)24(32)28-18-4-5-18)21-14-27-23-20(12-22(25)29-31(21)23)26-13-16-7-9-30(2)10-8-16;1-5-3-2-4-6(8)7(5)9;1-2/h3-5,8-9,14,16,18,20-21,34H,6-7,10-13,15,17H2,1-2H3;3,6,11-12,14,16,18,26H,4-5,7-10,13H2,1-2H3,(H,28,32);2-4H,1H3;2H,1H3. The SMILES string of the molecule is CO.Cc1cc(-c2cnc3c(NCC4CCN(C)CC4)cc(Br)nn23)ccc1C(=O)NC1CC1.Cc1cc(-c2cnc3c(NCC4CCN(C)CC4)cc(Oc4cccc(F)c4F)nn23)ccc1C(=O)CC1CC1.Cc1cccc(F)c1F. The first-order valence-corrected chi connectivity index (χ1v) is 29.2. The summed E-state index contributed by atoms with van der Waals surface area (Å²) in [5, 5.41) is 26.5. The monoisotopic (exact) mass is 1200 g/mol. The van der Waals surface area contributed by atoms with Crippen molar-refractivity contribution in [3.8, 4) is 34.1 Å². The van der Waals surface area contributed by atoms with Gasteiger partial charge in [0, 0.05) is 61.0 Å². The van der Waals surface area contributed by atoms with Gasteiger partial charge < -0.3 is 35.6 Å². The number of nitrogens with one attached hydrogen (secondary N) is 3. The number of anilines is 2. The van der Waals surface area contributed by atoms with Crippen molar-refractivity contribution in [3.05, 3.63) is 153 Å². The molecule has 20 heteroatoms. The van der Waals surface area contributed by atoms with Crippen LogP contribution in [0, 0.1) is 61.8 Å². The molecular weight excluding hydrogens is 1130 g/mol. The predicted molar refractivity (Wildman–Crippen MR) is 319 cm³/mol. The van der Waals surface area contributed by atoms with E-state index < -0.39 is 23.3 Å². The van der Waals surface area contributed by atoms with Gasteiger partial charge in [0.2, 0.25) is 11.7 Å². The molecule has 4 fully saturated rings. The Morgan fingerprint density at radius 2 is 1.13 bits per heavy atom. The van der Waals surface area contributed by atoms with Crippen LogP contribution in [0.5, 0.6) is 11.6 Å². The molecule has 438 valence electrons. The molecule has 8 aromatic rings. The maximum Gasteiger partial charge on any atom is 0.251 e. The van der Waals surface area contributed by atoms with E-state index in [0.29, 0.717) is 52.8 Å². The molecule has 0 unspecified atom stereocenters. The highest BCUT2D eigenvalue weighted by Gasteiger charge is 2.27. The number of ether oxygens (including phenoxy) is 1. The summed E-state index contributed by atoms with van der Waals surface area (Å²) in [5.74, 6) is -1.85. The number of Topliss-reactive ketones (excluding diaryl/α,β-unsaturated/α-hetero) is 1. The van der Waals surface area contributed by atoms with Gasteiger partial charge in [-0.05, 0) is 205 Å². The molecule has 6 heterocycles.